The molecule has 0 fully saturated rings. The molecule has 0 spiro atoms. The number of guanidine groups is 1. The van der Waals surface area contributed by atoms with Crippen LogP contribution in [0.4, 0.5) is 0 Å². The van der Waals surface area contributed by atoms with Crippen LogP contribution in [0.1, 0.15) is 19.4 Å². The highest BCUT2D eigenvalue weighted by Gasteiger charge is 2.20. The zero-order valence-electron chi connectivity index (χ0n) is 13.7. The van der Waals surface area contributed by atoms with Gasteiger partial charge in [-0.2, -0.15) is 0 Å². The first-order valence-electron chi connectivity index (χ1n) is 7.11. The van der Waals surface area contributed by atoms with Gasteiger partial charge < -0.3 is 20.1 Å². The van der Waals surface area contributed by atoms with Gasteiger partial charge in [0.1, 0.15) is 5.75 Å². The maximum absolute atomic E-state index is 5.20. The fourth-order valence-electron chi connectivity index (χ4n) is 1.94. The fourth-order valence-corrected chi connectivity index (χ4v) is 1.94. The third-order valence-electron chi connectivity index (χ3n) is 3.39. The second-order valence-corrected chi connectivity index (χ2v) is 5.46. The molecule has 1 aromatic carbocycles. The van der Waals surface area contributed by atoms with E-state index in [-0.39, 0.29) is 5.41 Å². The third kappa shape index (κ3) is 5.63. The van der Waals surface area contributed by atoms with Crippen molar-refractivity contribution in [1.29, 1.82) is 0 Å². The van der Waals surface area contributed by atoms with Crippen molar-refractivity contribution in [3.05, 3.63) is 29.8 Å². The highest BCUT2D eigenvalue weighted by Crippen LogP contribution is 2.24. The molecule has 118 valence electrons. The van der Waals surface area contributed by atoms with Crippen LogP contribution in [0.5, 0.6) is 5.75 Å². The van der Waals surface area contributed by atoms with Gasteiger partial charge in [0.25, 0.3) is 0 Å². The molecule has 0 radical (unpaired) electrons. The molecule has 0 bridgehead atoms. The summed E-state index contributed by atoms with van der Waals surface area (Å²) < 4.78 is 10.2. The average Bonchev–Trinajstić information content (AvgIpc) is 2.50. The van der Waals surface area contributed by atoms with E-state index in [2.05, 4.69) is 41.6 Å². The summed E-state index contributed by atoms with van der Waals surface area (Å²) in [4.78, 5) is 4.20. The second kappa shape index (κ2) is 8.52. The molecule has 5 heteroatoms. The molecule has 0 aliphatic rings. The molecule has 21 heavy (non-hydrogen) atoms. The van der Waals surface area contributed by atoms with Gasteiger partial charge >= 0.3 is 0 Å². The van der Waals surface area contributed by atoms with Crippen molar-refractivity contribution in [3.8, 4) is 5.75 Å². The number of aliphatic imine (C=N–C) groups is 1. The number of ether oxygens (including phenoxy) is 2. The van der Waals surface area contributed by atoms with Crippen LogP contribution < -0.4 is 15.4 Å². The third-order valence-corrected chi connectivity index (χ3v) is 3.39. The molecule has 0 aliphatic carbocycles. The van der Waals surface area contributed by atoms with Crippen LogP contribution in [0.15, 0.2) is 29.3 Å². The Labute approximate surface area is 127 Å². The van der Waals surface area contributed by atoms with Gasteiger partial charge in [-0.15, -0.1) is 0 Å². The van der Waals surface area contributed by atoms with Crippen LogP contribution >= 0.6 is 0 Å². The van der Waals surface area contributed by atoms with Crippen molar-refractivity contribution in [2.45, 2.75) is 19.3 Å². The lowest BCUT2D eigenvalue weighted by atomic mass is 9.84. The summed E-state index contributed by atoms with van der Waals surface area (Å²) in [7, 11) is 5.13. The molecular weight excluding hydrogens is 266 g/mol. The van der Waals surface area contributed by atoms with Gasteiger partial charge in [-0.1, -0.05) is 26.0 Å². The zero-order valence-corrected chi connectivity index (χ0v) is 13.7. The van der Waals surface area contributed by atoms with Crippen LogP contribution in [0, 0.1) is 0 Å². The van der Waals surface area contributed by atoms with Gasteiger partial charge in [0, 0.05) is 32.7 Å². The first-order chi connectivity index (χ1) is 10.0. The van der Waals surface area contributed by atoms with Crippen LogP contribution in [0.3, 0.4) is 0 Å². The quantitative estimate of drug-likeness (QED) is 0.457. The smallest absolute Gasteiger partial charge is 0.191 e. The number of methoxy groups -OCH3 is 2. The largest absolute Gasteiger partial charge is 0.497 e. The minimum Gasteiger partial charge on any atom is -0.497 e. The summed E-state index contributed by atoms with van der Waals surface area (Å²) in [5.74, 6) is 1.66. The summed E-state index contributed by atoms with van der Waals surface area (Å²) >= 11 is 0. The number of hydrogen-bond donors (Lipinski definition) is 2. The molecule has 1 aromatic rings. The summed E-state index contributed by atoms with van der Waals surface area (Å²) in [5, 5.41) is 6.55. The van der Waals surface area contributed by atoms with E-state index in [0.717, 1.165) is 24.8 Å². The molecule has 0 unspecified atom stereocenters. The molecule has 5 nitrogen and oxygen atoms in total. The van der Waals surface area contributed by atoms with Gasteiger partial charge in [0.15, 0.2) is 5.96 Å². The standard InChI is InChI=1S/C16H27N3O2/c1-16(2,13-6-8-14(21-5)9-7-13)12-19-15(17-3)18-10-11-20-4/h6-9H,10-12H2,1-5H3,(H2,17,18,19). The highest BCUT2D eigenvalue weighted by atomic mass is 16.5. The SMILES string of the molecule is CN=C(NCCOC)NCC(C)(C)c1ccc(OC)cc1. The van der Waals surface area contributed by atoms with E-state index in [4.69, 9.17) is 9.47 Å². The predicted octanol–water partition coefficient (Wildman–Crippen LogP) is 1.78. The number of rotatable bonds is 7. The van der Waals surface area contributed by atoms with Crippen molar-refractivity contribution in [3.63, 3.8) is 0 Å². The van der Waals surface area contributed by atoms with E-state index in [1.807, 2.05) is 12.1 Å². The first-order valence-corrected chi connectivity index (χ1v) is 7.11. The molecule has 0 saturated carbocycles. The lowest BCUT2D eigenvalue weighted by Crippen LogP contribution is -2.44. The number of nitrogens with zero attached hydrogens (tertiary/aromatic N) is 1. The molecular formula is C16H27N3O2. The van der Waals surface area contributed by atoms with Crippen LogP contribution in [-0.2, 0) is 10.2 Å². The lowest BCUT2D eigenvalue weighted by Gasteiger charge is -2.27. The van der Waals surface area contributed by atoms with Crippen molar-refractivity contribution < 1.29 is 9.47 Å². The Morgan fingerprint density at radius 3 is 2.33 bits per heavy atom. The number of hydrogen-bond acceptors (Lipinski definition) is 3. The maximum atomic E-state index is 5.20. The Bertz CT molecular complexity index is 441. The molecule has 0 saturated heterocycles. The Morgan fingerprint density at radius 1 is 1.14 bits per heavy atom. The van der Waals surface area contributed by atoms with E-state index in [9.17, 15) is 0 Å². The number of benzene rings is 1. The van der Waals surface area contributed by atoms with Crippen molar-refractivity contribution >= 4 is 5.96 Å². The lowest BCUT2D eigenvalue weighted by molar-refractivity contribution is 0.203. The summed E-state index contributed by atoms with van der Waals surface area (Å²) in [6.45, 7) is 6.57. The van der Waals surface area contributed by atoms with E-state index < -0.39 is 0 Å². The zero-order chi connectivity index (χ0) is 15.7. The van der Waals surface area contributed by atoms with E-state index in [0.29, 0.717) is 6.61 Å². The summed E-state index contributed by atoms with van der Waals surface area (Å²) in [5.41, 5.74) is 1.24. The van der Waals surface area contributed by atoms with E-state index in [1.165, 1.54) is 5.56 Å². The van der Waals surface area contributed by atoms with E-state index in [1.54, 1.807) is 21.3 Å². The Morgan fingerprint density at radius 2 is 1.81 bits per heavy atom. The minimum atomic E-state index is -0.00878. The van der Waals surface area contributed by atoms with Gasteiger partial charge in [-0.05, 0) is 17.7 Å². The van der Waals surface area contributed by atoms with Gasteiger partial charge in [-0.25, -0.2) is 0 Å². The van der Waals surface area contributed by atoms with E-state index >= 15 is 0 Å². The van der Waals surface area contributed by atoms with Gasteiger partial charge in [0.2, 0.25) is 0 Å². The van der Waals surface area contributed by atoms with Gasteiger partial charge in [0.05, 0.1) is 13.7 Å². The van der Waals surface area contributed by atoms with Gasteiger partial charge in [-0.3, -0.25) is 4.99 Å². The topological polar surface area (TPSA) is 54.9 Å². The summed E-state index contributed by atoms with van der Waals surface area (Å²) in [6.07, 6.45) is 0. The van der Waals surface area contributed by atoms with Crippen molar-refractivity contribution in [1.82, 2.24) is 10.6 Å². The van der Waals surface area contributed by atoms with Crippen LogP contribution in [0.2, 0.25) is 0 Å². The molecule has 0 amide bonds. The molecule has 0 aliphatic heterocycles. The van der Waals surface area contributed by atoms with Crippen molar-refractivity contribution in [2.75, 3.05) is 41.0 Å². The molecule has 0 atom stereocenters. The highest BCUT2D eigenvalue weighted by molar-refractivity contribution is 5.79. The molecule has 2 N–H and O–H groups in total. The minimum absolute atomic E-state index is 0.00878. The maximum Gasteiger partial charge on any atom is 0.191 e. The number of nitrogens with one attached hydrogen (secondary N) is 2. The Hall–Kier alpha value is -1.75. The molecule has 0 heterocycles. The molecule has 1 rings (SSSR count). The van der Waals surface area contributed by atoms with Crippen LogP contribution in [0.25, 0.3) is 0 Å². The van der Waals surface area contributed by atoms with Crippen LogP contribution in [-0.4, -0.2) is 46.9 Å². The first kappa shape index (κ1) is 17.3. The second-order valence-electron chi connectivity index (χ2n) is 5.46. The monoisotopic (exact) mass is 293 g/mol. The normalized spacial score (nSPS) is 12.1. The Kier molecular flexibility index (Phi) is 7.02. The average molecular weight is 293 g/mol. The Balaban J connectivity index is 2.57. The predicted molar refractivity (Wildman–Crippen MR) is 87.3 cm³/mol. The molecule has 0 aromatic heterocycles. The fraction of sp³-hybridized carbons (Fsp3) is 0.562. The summed E-state index contributed by atoms with van der Waals surface area (Å²) in [6, 6.07) is 8.18. The van der Waals surface area contributed by atoms with Crippen molar-refractivity contribution in [2.24, 2.45) is 4.99 Å².